The van der Waals surface area contributed by atoms with Gasteiger partial charge in [-0.25, -0.2) is 0 Å². The lowest BCUT2D eigenvalue weighted by Gasteiger charge is -2.56. The molecule has 3 rings (SSSR count). The number of ether oxygens (including phenoxy) is 1. The summed E-state index contributed by atoms with van der Waals surface area (Å²) in [6.07, 6.45) is 3.30. The Morgan fingerprint density at radius 1 is 1.21 bits per heavy atom. The van der Waals surface area contributed by atoms with Crippen molar-refractivity contribution in [3.8, 4) is 0 Å². The molecule has 1 aromatic carbocycles. The molecule has 1 spiro atoms. The van der Waals surface area contributed by atoms with Gasteiger partial charge in [0.1, 0.15) is 0 Å². The summed E-state index contributed by atoms with van der Waals surface area (Å²) < 4.78 is 5.39. The Labute approximate surface area is 117 Å². The van der Waals surface area contributed by atoms with Crippen LogP contribution >= 0.6 is 11.6 Å². The molecule has 0 radical (unpaired) electrons. The number of carboxylic acid groups (broad SMARTS) is 1. The lowest BCUT2D eigenvalue weighted by Crippen LogP contribution is -2.56. The SMILES string of the molecule is O=C(O)C1(c2ccccc2Cl)CC2(CCOCC2)C1. The number of hydrogen-bond acceptors (Lipinski definition) is 2. The summed E-state index contributed by atoms with van der Waals surface area (Å²) in [4.78, 5) is 11.8. The summed E-state index contributed by atoms with van der Waals surface area (Å²) in [6.45, 7) is 1.50. The van der Waals surface area contributed by atoms with Gasteiger partial charge in [-0.15, -0.1) is 0 Å². The molecule has 1 aromatic rings. The van der Waals surface area contributed by atoms with Crippen molar-refractivity contribution in [3.05, 3.63) is 34.9 Å². The summed E-state index contributed by atoms with van der Waals surface area (Å²) in [6, 6.07) is 7.32. The Morgan fingerprint density at radius 2 is 1.84 bits per heavy atom. The molecule has 2 aliphatic rings. The summed E-state index contributed by atoms with van der Waals surface area (Å²) in [5.41, 5.74) is 0.118. The normalized spacial score (nSPS) is 23.8. The lowest BCUT2D eigenvalue weighted by molar-refractivity contribution is -0.160. The summed E-state index contributed by atoms with van der Waals surface area (Å²) in [7, 11) is 0. The maximum absolute atomic E-state index is 11.8. The fraction of sp³-hybridized carbons (Fsp3) is 0.533. The predicted octanol–water partition coefficient (Wildman–Crippen LogP) is 3.25. The molecule has 1 N–H and O–H groups in total. The van der Waals surface area contributed by atoms with Gasteiger partial charge in [-0.3, -0.25) is 4.79 Å². The third-order valence-electron chi connectivity index (χ3n) is 4.71. The highest BCUT2D eigenvalue weighted by Crippen LogP contribution is 2.61. The van der Waals surface area contributed by atoms with Gasteiger partial charge in [-0.1, -0.05) is 29.8 Å². The van der Waals surface area contributed by atoms with Crippen molar-refractivity contribution in [2.75, 3.05) is 13.2 Å². The zero-order valence-electron chi connectivity index (χ0n) is 10.7. The van der Waals surface area contributed by atoms with Crippen LogP contribution in [0.5, 0.6) is 0 Å². The van der Waals surface area contributed by atoms with E-state index in [1.807, 2.05) is 18.2 Å². The van der Waals surface area contributed by atoms with E-state index in [0.717, 1.165) is 31.6 Å². The number of aliphatic carboxylic acids is 1. The van der Waals surface area contributed by atoms with Gasteiger partial charge < -0.3 is 9.84 Å². The van der Waals surface area contributed by atoms with Crippen LogP contribution in [0.1, 0.15) is 31.2 Å². The van der Waals surface area contributed by atoms with Crippen LogP contribution in [0, 0.1) is 5.41 Å². The van der Waals surface area contributed by atoms with Gasteiger partial charge in [0.2, 0.25) is 0 Å². The molecule has 2 fully saturated rings. The van der Waals surface area contributed by atoms with Gasteiger partial charge >= 0.3 is 5.97 Å². The molecule has 1 aliphatic carbocycles. The molecule has 1 aliphatic heterocycles. The second-order valence-corrected chi connectivity index (χ2v) is 6.24. The molecule has 0 atom stereocenters. The standard InChI is InChI=1S/C15H17ClO3/c16-12-4-2-1-3-11(12)15(13(17)18)9-14(10-15)5-7-19-8-6-14/h1-4H,5-10H2,(H,17,18). The second kappa shape index (κ2) is 4.50. The molecule has 102 valence electrons. The summed E-state index contributed by atoms with van der Waals surface area (Å²) in [5.74, 6) is -0.752. The first-order valence-corrected chi connectivity index (χ1v) is 7.02. The highest BCUT2D eigenvalue weighted by atomic mass is 35.5. The minimum atomic E-state index is -0.796. The maximum atomic E-state index is 11.8. The fourth-order valence-corrected chi connectivity index (χ4v) is 4.01. The zero-order valence-corrected chi connectivity index (χ0v) is 11.4. The minimum Gasteiger partial charge on any atom is -0.481 e. The van der Waals surface area contributed by atoms with Gasteiger partial charge in [0, 0.05) is 18.2 Å². The smallest absolute Gasteiger partial charge is 0.314 e. The van der Waals surface area contributed by atoms with Crippen LogP contribution in [0.3, 0.4) is 0 Å². The van der Waals surface area contributed by atoms with Gasteiger partial charge in [0.05, 0.1) is 5.41 Å². The first-order valence-electron chi connectivity index (χ1n) is 6.64. The molecule has 0 amide bonds. The first kappa shape index (κ1) is 12.9. The second-order valence-electron chi connectivity index (χ2n) is 5.83. The monoisotopic (exact) mass is 280 g/mol. The molecule has 1 saturated heterocycles. The molecule has 3 nitrogen and oxygen atoms in total. The number of benzene rings is 1. The third kappa shape index (κ3) is 1.96. The average molecular weight is 281 g/mol. The van der Waals surface area contributed by atoms with Crippen molar-refractivity contribution < 1.29 is 14.6 Å². The summed E-state index contributed by atoms with van der Waals surface area (Å²) >= 11 is 6.20. The molecular weight excluding hydrogens is 264 g/mol. The van der Waals surface area contributed by atoms with Crippen LogP contribution in [-0.2, 0) is 14.9 Å². The molecule has 1 saturated carbocycles. The molecular formula is C15H17ClO3. The largest absolute Gasteiger partial charge is 0.481 e. The van der Waals surface area contributed by atoms with E-state index in [1.165, 1.54) is 0 Å². The van der Waals surface area contributed by atoms with E-state index in [2.05, 4.69) is 0 Å². The van der Waals surface area contributed by atoms with Crippen LogP contribution < -0.4 is 0 Å². The van der Waals surface area contributed by atoms with E-state index in [9.17, 15) is 9.90 Å². The van der Waals surface area contributed by atoms with E-state index in [4.69, 9.17) is 16.3 Å². The Hall–Kier alpha value is -1.06. The van der Waals surface area contributed by atoms with Crippen LogP contribution in [0.2, 0.25) is 5.02 Å². The minimum absolute atomic E-state index is 0.149. The molecule has 4 heteroatoms. The average Bonchev–Trinajstić information content (AvgIpc) is 2.37. The van der Waals surface area contributed by atoms with Crippen molar-refractivity contribution >= 4 is 17.6 Å². The van der Waals surface area contributed by atoms with Crippen molar-refractivity contribution in [1.29, 1.82) is 0 Å². The zero-order chi connectivity index (χ0) is 13.5. The summed E-state index contributed by atoms with van der Waals surface area (Å²) in [5, 5.41) is 10.2. The van der Waals surface area contributed by atoms with Crippen LogP contribution in [0.15, 0.2) is 24.3 Å². The highest BCUT2D eigenvalue weighted by Gasteiger charge is 2.60. The van der Waals surface area contributed by atoms with E-state index < -0.39 is 11.4 Å². The van der Waals surface area contributed by atoms with Crippen molar-refractivity contribution in [1.82, 2.24) is 0 Å². The quantitative estimate of drug-likeness (QED) is 0.904. The first-order chi connectivity index (χ1) is 9.08. The van der Waals surface area contributed by atoms with Gasteiger partial charge in [0.15, 0.2) is 0 Å². The van der Waals surface area contributed by atoms with E-state index in [-0.39, 0.29) is 5.41 Å². The van der Waals surface area contributed by atoms with Crippen LogP contribution in [0.4, 0.5) is 0 Å². The highest BCUT2D eigenvalue weighted by molar-refractivity contribution is 6.31. The molecule has 0 aromatic heterocycles. The number of rotatable bonds is 2. The van der Waals surface area contributed by atoms with Crippen molar-refractivity contribution in [3.63, 3.8) is 0 Å². The van der Waals surface area contributed by atoms with Gasteiger partial charge in [0.25, 0.3) is 0 Å². The Kier molecular flexibility index (Phi) is 3.06. The maximum Gasteiger partial charge on any atom is 0.314 e. The predicted molar refractivity (Wildman–Crippen MR) is 72.5 cm³/mol. The Balaban J connectivity index is 1.92. The fourth-order valence-electron chi connectivity index (χ4n) is 3.69. The van der Waals surface area contributed by atoms with Gasteiger partial charge in [-0.05, 0) is 42.7 Å². The van der Waals surface area contributed by atoms with E-state index in [1.54, 1.807) is 6.07 Å². The number of hydrogen-bond donors (Lipinski definition) is 1. The van der Waals surface area contributed by atoms with Crippen LogP contribution in [0.25, 0.3) is 0 Å². The number of carbonyl (C=O) groups is 1. The topological polar surface area (TPSA) is 46.5 Å². The Morgan fingerprint density at radius 3 is 2.42 bits per heavy atom. The third-order valence-corrected chi connectivity index (χ3v) is 5.04. The number of halogens is 1. The molecule has 0 bridgehead atoms. The Bertz CT molecular complexity index is 498. The molecule has 19 heavy (non-hydrogen) atoms. The van der Waals surface area contributed by atoms with Crippen molar-refractivity contribution in [2.45, 2.75) is 31.1 Å². The lowest BCUT2D eigenvalue weighted by atomic mass is 9.48. The van der Waals surface area contributed by atoms with Crippen molar-refractivity contribution in [2.24, 2.45) is 5.41 Å². The van der Waals surface area contributed by atoms with E-state index in [0.29, 0.717) is 17.9 Å². The molecule has 0 unspecified atom stereocenters. The van der Waals surface area contributed by atoms with E-state index >= 15 is 0 Å². The van der Waals surface area contributed by atoms with Crippen LogP contribution in [-0.4, -0.2) is 24.3 Å². The van der Waals surface area contributed by atoms with Gasteiger partial charge in [-0.2, -0.15) is 0 Å². The number of carboxylic acids is 1. The molecule has 1 heterocycles.